The number of H-pyrrole nitrogens is 1. The van der Waals surface area contributed by atoms with Gasteiger partial charge in [-0.3, -0.25) is 14.9 Å². The predicted octanol–water partition coefficient (Wildman–Crippen LogP) is 2.84. The molecule has 2 aromatic heterocycles. The van der Waals surface area contributed by atoms with Crippen LogP contribution >= 0.6 is 0 Å². The summed E-state index contributed by atoms with van der Waals surface area (Å²) in [7, 11) is 0. The van der Waals surface area contributed by atoms with E-state index in [9.17, 15) is 4.79 Å². The van der Waals surface area contributed by atoms with Crippen molar-refractivity contribution in [3.63, 3.8) is 0 Å². The second-order valence-corrected chi connectivity index (χ2v) is 5.15. The van der Waals surface area contributed by atoms with Crippen molar-refractivity contribution in [2.45, 2.75) is 32.1 Å². The van der Waals surface area contributed by atoms with Crippen LogP contribution in [0.4, 0.5) is 5.82 Å². The van der Waals surface area contributed by atoms with Crippen molar-refractivity contribution in [2.24, 2.45) is 0 Å². The van der Waals surface area contributed by atoms with E-state index in [0.717, 1.165) is 30.7 Å². The lowest BCUT2D eigenvalue weighted by Crippen LogP contribution is -2.12. The Kier molecular flexibility index (Phi) is 3.50. The van der Waals surface area contributed by atoms with Gasteiger partial charge in [-0.05, 0) is 44.7 Å². The monoisotopic (exact) mass is 269 g/mol. The smallest absolute Gasteiger partial charge is 0.258 e. The first-order valence-corrected chi connectivity index (χ1v) is 6.83. The lowest BCUT2D eigenvalue weighted by Gasteiger charge is -2.03. The maximum atomic E-state index is 12.0. The zero-order valence-electron chi connectivity index (χ0n) is 11.4. The van der Waals surface area contributed by atoms with Gasteiger partial charge in [-0.15, -0.1) is 0 Å². The highest BCUT2D eigenvalue weighted by Gasteiger charge is 2.19. The zero-order chi connectivity index (χ0) is 13.9. The molecule has 0 unspecified atom stereocenters. The third kappa shape index (κ3) is 2.71. The average Bonchev–Trinajstić information content (AvgIpc) is 3.09. The number of pyridine rings is 1. The Bertz CT molecular complexity index is 597. The van der Waals surface area contributed by atoms with Crippen LogP contribution in [0.15, 0.2) is 24.4 Å². The van der Waals surface area contributed by atoms with Gasteiger partial charge in [0.2, 0.25) is 0 Å². The molecule has 2 aromatic rings. The molecule has 0 bridgehead atoms. The third-order valence-corrected chi connectivity index (χ3v) is 3.62. The van der Waals surface area contributed by atoms with Crippen molar-refractivity contribution < 1.29 is 4.79 Å². The highest BCUT2D eigenvalue weighted by Crippen LogP contribution is 2.33. The second kappa shape index (κ2) is 5.45. The fourth-order valence-electron chi connectivity index (χ4n) is 2.44. The van der Waals surface area contributed by atoms with Crippen molar-refractivity contribution in [1.82, 2.24) is 15.2 Å². The molecule has 1 radical (unpaired) electrons. The van der Waals surface area contributed by atoms with E-state index in [1.807, 2.05) is 19.1 Å². The van der Waals surface area contributed by atoms with Gasteiger partial charge in [-0.2, -0.15) is 5.10 Å². The summed E-state index contributed by atoms with van der Waals surface area (Å²) in [6, 6.07) is 5.50. The molecule has 0 saturated heterocycles. The van der Waals surface area contributed by atoms with E-state index in [1.54, 1.807) is 12.3 Å². The van der Waals surface area contributed by atoms with Crippen LogP contribution in [0.5, 0.6) is 0 Å². The van der Waals surface area contributed by atoms with E-state index < -0.39 is 0 Å². The van der Waals surface area contributed by atoms with E-state index in [2.05, 4.69) is 26.9 Å². The van der Waals surface area contributed by atoms with E-state index >= 15 is 0 Å². The first kappa shape index (κ1) is 12.8. The predicted molar refractivity (Wildman–Crippen MR) is 76.4 cm³/mol. The molecule has 1 saturated carbocycles. The van der Waals surface area contributed by atoms with Crippen molar-refractivity contribution in [3.8, 4) is 0 Å². The molecule has 0 spiro atoms. The Morgan fingerprint density at radius 3 is 3.05 bits per heavy atom. The Labute approximate surface area is 117 Å². The number of aryl methyl sites for hydroxylation is 1. The van der Waals surface area contributed by atoms with E-state index in [0.29, 0.717) is 17.3 Å². The summed E-state index contributed by atoms with van der Waals surface area (Å²) in [6.07, 6.45) is 7.25. The molecule has 2 N–H and O–H groups in total. The maximum absolute atomic E-state index is 12.0. The maximum Gasteiger partial charge on any atom is 0.258 e. The van der Waals surface area contributed by atoms with Crippen LogP contribution in [0, 0.1) is 13.3 Å². The molecule has 2 heterocycles. The van der Waals surface area contributed by atoms with Crippen molar-refractivity contribution in [2.75, 3.05) is 5.32 Å². The number of hydrogen-bond acceptors (Lipinski definition) is 3. The normalized spacial score (nSPS) is 15.4. The van der Waals surface area contributed by atoms with Gasteiger partial charge < -0.3 is 5.32 Å². The summed E-state index contributed by atoms with van der Waals surface area (Å²) >= 11 is 0. The number of aromatic nitrogens is 3. The fourth-order valence-corrected chi connectivity index (χ4v) is 2.44. The van der Waals surface area contributed by atoms with Crippen LogP contribution in [0.1, 0.15) is 46.9 Å². The summed E-state index contributed by atoms with van der Waals surface area (Å²) in [4.78, 5) is 16.2. The molecule has 5 nitrogen and oxygen atoms in total. The molecule has 1 atom stereocenters. The van der Waals surface area contributed by atoms with Crippen LogP contribution in [-0.4, -0.2) is 21.1 Å². The number of carbonyl (C=O) groups is 1. The highest BCUT2D eigenvalue weighted by atomic mass is 16.1. The minimum atomic E-state index is -0.187. The number of aromatic amines is 1. The van der Waals surface area contributed by atoms with Gasteiger partial charge in [0.1, 0.15) is 0 Å². The molecule has 0 aliphatic heterocycles. The lowest BCUT2D eigenvalue weighted by atomic mass is 10.0. The molecular formula is C15H17N4O. The standard InChI is InChI=1S/C15H17N4O/c1-10-6-7-12(9-16-10)15(20)17-14-8-13(18-19-14)11-4-2-3-5-11/h2,6-9,11H,3-5H2,1H3,(H2,17,18,19,20)/t11-/m0/s1. The van der Waals surface area contributed by atoms with Gasteiger partial charge in [0, 0.05) is 29.6 Å². The Morgan fingerprint density at radius 2 is 2.35 bits per heavy atom. The molecule has 1 amide bonds. The van der Waals surface area contributed by atoms with Crippen molar-refractivity contribution >= 4 is 11.7 Å². The minimum absolute atomic E-state index is 0.187. The third-order valence-electron chi connectivity index (χ3n) is 3.62. The molecule has 3 rings (SSSR count). The van der Waals surface area contributed by atoms with Crippen LogP contribution in [0.25, 0.3) is 0 Å². The summed E-state index contributed by atoms with van der Waals surface area (Å²) in [5, 5.41) is 9.96. The van der Waals surface area contributed by atoms with Gasteiger partial charge in [0.05, 0.1) is 5.56 Å². The van der Waals surface area contributed by atoms with Gasteiger partial charge in [0.25, 0.3) is 5.91 Å². The zero-order valence-corrected chi connectivity index (χ0v) is 11.4. The van der Waals surface area contributed by atoms with E-state index in [-0.39, 0.29) is 5.91 Å². The fraction of sp³-hybridized carbons (Fsp3) is 0.333. The van der Waals surface area contributed by atoms with Gasteiger partial charge in [-0.25, -0.2) is 0 Å². The van der Waals surface area contributed by atoms with Crippen molar-refractivity contribution in [3.05, 3.63) is 47.8 Å². The van der Waals surface area contributed by atoms with Crippen LogP contribution in [0.2, 0.25) is 0 Å². The lowest BCUT2D eigenvalue weighted by molar-refractivity contribution is 0.102. The SMILES string of the molecule is Cc1ccc(C(=O)Nc2cc([C@H]3C[CH]CC3)[nH]n2)cn1. The second-order valence-electron chi connectivity index (χ2n) is 5.15. The summed E-state index contributed by atoms with van der Waals surface area (Å²) < 4.78 is 0. The molecule has 20 heavy (non-hydrogen) atoms. The number of nitrogens with one attached hydrogen (secondary N) is 2. The van der Waals surface area contributed by atoms with Crippen LogP contribution < -0.4 is 5.32 Å². The molecule has 103 valence electrons. The minimum Gasteiger partial charge on any atom is -0.305 e. The van der Waals surface area contributed by atoms with E-state index in [1.165, 1.54) is 0 Å². The number of amides is 1. The summed E-state index contributed by atoms with van der Waals surface area (Å²) in [5.41, 5.74) is 2.52. The number of carbonyl (C=O) groups excluding carboxylic acids is 1. The highest BCUT2D eigenvalue weighted by molar-refractivity contribution is 6.03. The topological polar surface area (TPSA) is 70.7 Å². The molecular weight excluding hydrogens is 252 g/mol. The average molecular weight is 269 g/mol. The summed E-state index contributed by atoms with van der Waals surface area (Å²) in [6.45, 7) is 1.89. The van der Waals surface area contributed by atoms with Gasteiger partial charge in [0.15, 0.2) is 5.82 Å². The molecule has 1 aliphatic rings. The number of hydrogen-bond donors (Lipinski definition) is 2. The largest absolute Gasteiger partial charge is 0.305 e. The number of anilines is 1. The number of rotatable bonds is 3. The molecule has 1 fully saturated rings. The van der Waals surface area contributed by atoms with Gasteiger partial charge >= 0.3 is 0 Å². The Morgan fingerprint density at radius 1 is 1.45 bits per heavy atom. The molecule has 0 aromatic carbocycles. The Balaban J connectivity index is 1.68. The van der Waals surface area contributed by atoms with Crippen LogP contribution in [0.3, 0.4) is 0 Å². The van der Waals surface area contributed by atoms with Crippen LogP contribution in [-0.2, 0) is 0 Å². The quantitative estimate of drug-likeness (QED) is 0.900. The van der Waals surface area contributed by atoms with Crippen molar-refractivity contribution in [1.29, 1.82) is 0 Å². The number of nitrogens with zero attached hydrogens (tertiary/aromatic N) is 2. The first-order valence-electron chi connectivity index (χ1n) is 6.83. The van der Waals surface area contributed by atoms with E-state index in [4.69, 9.17) is 0 Å². The first-order chi connectivity index (χ1) is 9.72. The summed E-state index contributed by atoms with van der Waals surface area (Å²) in [5.74, 6) is 0.889. The molecule has 1 aliphatic carbocycles. The Hall–Kier alpha value is -2.17. The molecule has 5 heteroatoms. The van der Waals surface area contributed by atoms with Gasteiger partial charge in [-0.1, -0.05) is 0 Å².